The molecule has 1 aromatic carbocycles. The Morgan fingerprint density at radius 1 is 1.38 bits per heavy atom. The van der Waals surface area contributed by atoms with Crippen molar-refractivity contribution >= 4 is 29.6 Å². The van der Waals surface area contributed by atoms with Gasteiger partial charge in [-0.15, -0.1) is 0 Å². The Balaban J connectivity index is 2.58. The first-order chi connectivity index (χ1) is 11.2. The SMILES string of the molecule is CC1=C(C(=O)OC(C)C)C(c2cccc(Cl)c2)NC(=O)N1C(N)=O. The molecule has 0 radical (unpaired) electrons. The Bertz CT molecular complexity index is 730. The number of carbonyl (C=O) groups is 3. The molecular formula is C16H18ClN3O4. The summed E-state index contributed by atoms with van der Waals surface area (Å²) in [6.45, 7) is 4.88. The van der Waals surface area contributed by atoms with Crippen LogP contribution in [0.2, 0.25) is 5.02 Å². The predicted octanol–water partition coefficient (Wildman–Crippen LogP) is 2.71. The Morgan fingerprint density at radius 3 is 2.58 bits per heavy atom. The summed E-state index contributed by atoms with van der Waals surface area (Å²) in [5.41, 5.74) is 6.09. The zero-order chi connectivity index (χ0) is 18.0. The molecule has 7 nitrogen and oxygen atoms in total. The van der Waals surface area contributed by atoms with Gasteiger partial charge in [-0.2, -0.15) is 0 Å². The molecule has 0 spiro atoms. The highest BCUT2D eigenvalue weighted by molar-refractivity contribution is 6.30. The molecule has 0 saturated heterocycles. The topological polar surface area (TPSA) is 102 Å². The van der Waals surface area contributed by atoms with Gasteiger partial charge in [-0.1, -0.05) is 23.7 Å². The molecule has 1 heterocycles. The number of nitrogens with one attached hydrogen (secondary N) is 1. The van der Waals surface area contributed by atoms with Gasteiger partial charge in [-0.25, -0.2) is 19.3 Å². The lowest BCUT2D eigenvalue weighted by Gasteiger charge is -2.33. The van der Waals surface area contributed by atoms with Crippen LogP contribution in [-0.2, 0) is 9.53 Å². The smallest absolute Gasteiger partial charge is 0.338 e. The van der Waals surface area contributed by atoms with Crippen molar-refractivity contribution in [3.8, 4) is 0 Å². The molecule has 0 aromatic heterocycles. The molecular weight excluding hydrogens is 334 g/mol. The quantitative estimate of drug-likeness (QED) is 0.817. The first-order valence-electron chi connectivity index (χ1n) is 7.29. The second-order valence-electron chi connectivity index (χ2n) is 5.56. The van der Waals surface area contributed by atoms with E-state index in [2.05, 4.69) is 5.32 Å². The van der Waals surface area contributed by atoms with Crippen LogP contribution >= 0.6 is 11.6 Å². The van der Waals surface area contributed by atoms with E-state index >= 15 is 0 Å². The molecule has 2 rings (SSSR count). The van der Waals surface area contributed by atoms with Gasteiger partial charge in [0.25, 0.3) is 0 Å². The molecule has 1 aliphatic rings. The van der Waals surface area contributed by atoms with E-state index in [1.54, 1.807) is 38.1 Å². The highest BCUT2D eigenvalue weighted by Crippen LogP contribution is 2.32. The number of hydrogen-bond acceptors (Lipinski definition) is 4. The van der Waals surface area contributed by atoms with E-state index in [-0.39, 0.29) is 17.4 Å². The van der Waals surface area contributed by atoms with Crippen molar-refractivity contribution in [2.75, 3.05) is 0 Å². The molecule has 1 atom stereocenters. The van der Waals surface area contributed by atoms with Crippen LogP contribution in [-0.4, -0.2) is 29.0 Å². The summed E-state index contributed by atoms with van der Waals surface area (Å²) in [6, 6.07) is 4.22. The Hall–Kier alpha value is -2.54. The lowest BCUT2D eigenvalue weighted by atomic mass is 9.95. The monoisotopic (exact) mass is 351 g/mol. The fourth-order valence-electron chi connectivity index (χ4n) is 2.49. The summed E-state index contributed by atoms with van der Waals surface area (Å²) in [4.78, 5) is 37.0. The summed E-state index contributed by atoms with van der Waals surface area (Å²) in [7, 11) is 0. The molecule has 1 aromatic rings. The van der Waals surface area contributed by atoms with Crippen LogP contribution in [0, 0.1) is 0 Å². The maximum absolute atomic E-state index is 12.5. The van der Waals surface area contributed by atoms with Gasteiger partial charge in [-0.3, -0.25) is 0 Å². The summed E-state index contributed by atoms with van der Waals surface area (Å²) in [5.74, 6) is -0.640. The second kappa shape index (κ2) is 6.92. The van der Waals surface area contributed by atoms with Crippen LogP contribution in [0.1, 0.15) is 32.4 Å². The maximum Gasteiger partial charge on any atom is 0.338 e. The minimum atomic E-state index is -0.982. The number of imide groups is 1. The van der Waals surface area contributed by atoms with Gasteiger partial charge in [0.15, 0.2) is 0 Å². The third-order valence-electron chi connectivity index (χ3n) is 3.45. The molecule has 128 valence electrons. The van der Waals surface area contributed by atoms with Gasteiger partial charge in [-0.05, 0) is 38.5 Å². The minimum Gasteiger partial charge on any atom is -0.459 e. The standard InChI is InChI=1S/C16H18ClN3O4/c1-8(2)24-14(21)12-9(3)20(15(18)22)16(23)19-13(12)10-5-4-6-11(17)7-10/h4-8,13H,1-3H3,(H2,18,22)(H,19,23). The fraction of sp³-hybridized carbons (Fsp3) is 0.312. The van der Waals surface area contributed by atoms with Crippen molar-refractivity contribution in [2.45, 2.75) is 32.9 Å². The van der Waals surface area contributed by atoms with Crippen LogP contribution in [0.25, 0.3) is 0 Å². The third-order valence-corrected chi connectivity index (χ3v) is 3.68. The lowest BCUT2D eigenvalue weighted by Crippen LogP contribution is -2.52. The van der Waals surface area contributed by atoms with E-state index in [1.165, 1.54) is 6.92 Å². The number of nitrogens with two attached hydrogens (primary N) is 1. The number of halogens is 1. The van der Waals surface area contributed by atoms with E-state index in [4.69, 9.17) is 22.1 Å². The molecule has 0 aliphatic carbocycles. The average molecular weight is 352 g/mol. The zero-order valence-corrected chi connectivity index (χ0v) is 14.3. The van der Waals surface area contributed by atoms with Crippen molar-refractivity contribution < 1.29 is 19.1 Å². The minimum absolute atomic E-state index is 0.127. The predicted molar refractivity (Wildman–Crippen MR) is 88.1 cm³/mol. The number of amides is 4. The number of allylic oxidation sites excluding steroid dienone is 1. The number of ether oxygens (including phenoxy) is 1. The van der Waals surface area contributed by atoms with Crippen molar-refractivity contribution in [3.05, 3.63) is 46.1 Å². The average Bonchev–Trinajstić information content (AvgIpc) is 2.45. The number of benzene rings is 1. The highest BCUT2D eigenvalue weighted by Gasteiger charge is 2.38. The molecule has 24 heavy (non-hydrogen) atoms. The normalized spacial score (nSPS) is 17.8. The summed E-state index contributed by atoms with van der Waals surface area (Å²) >= 11 is 6.00. The van der Waals surface area contributed by atoms with Crippen LogP contribution in [0.15, 0.2) is 35.5 Å². The van der Waals surface area contributed by atoms with E-state index in [1.807, 2.05) is 0 Å². The number of primary amides is 1. The van der Waals surface area contributed by atoms with Crippen LogP contribution in [0.3, 0.4) is 0 Å². The van der Waals surface area contributed by atoms with E-state index in [9.17, 15) is 14.4 Å². The number of esters is 1. The van der Waals surface area contributed by atoms with Gasteiger partial charge in [0.05, 0.1) is 17.7 Å². The van der Waals surface area contributed by atoms with Gasteiger partial charge in [0.2, 0.25) is 0 Å². The molecule has 8 heteroatoms. The molecule has 0 saturated carbocycles. The van der Waals surface area contributed by atoms with Crippen molar-refractivity contribution in [3.63, 3.8) is 0 Å². The molecule has 4 amide bonds. The summed E-state index contributed by atoms with van der Waals surface area (Å²) in [5, 5.41) is 3.05. The Labute approximate surface area is 144 Å². The summed E-state index contributed by atoms with van der Waals surface area (Å²) in [6.07, 6.45) is -0.363. The van der Waals surface area contributed by atoms with Gasteiger partial charge < -0.3 is 15.8 Å². The fourth-order valence-corrected chi connectivity index (χ4v) is 2.69. The van der Waals surface area contributed by atoms with Crippen LogP contribution < -0.4 is 11.1 Å². The summed E-state index contributed by atoms with van der Waals surface area (Å²) < 4.78 is 5.25. The number of urea groups is 2. The first kappa shape index (κ1) is 17.8. The molecule has 0 bridgehead atoms. The molecule has 3 N–H and O–H groups in total. The first-order valence-corrected chi connectivity index (χ1v) is 7.67. The largest absolute Gasteiger partial charge is 0.459 e. The molecule has 1 aliphatic heterocycles. The lowest BCUT2D eigenvalue weighted by molar-refractivity contribution is -0.143. The Kier molecular flexibility index (Phi) is 5.14. The van der Waals surface area contributed by atoms with Crippen molar-refractivity contribution in [2.24, 2.45) is 5.73 Å². The maximum atomic E-state index is 12.5. The van der Waals surface area contributed by atoms with Crippen LogP contribution in [0.5, 0.6) is 0 Å². The number of hydrogen-bond donors (Lipinski definition) is 2. The van der Waals surface area contributed by atoms with Gasteiger partial charge >= 0.3 is 18.0 Å². The highest BCUT2D eigenvalue weighted by atomic mass is 35.5. The molecule has 1 unspecified atom stereocenters. The Morgan fingerprint density at radius 2 is 2.04 bits per heavy atom. The zero-order valence-electron chi connectivity index (χ0n) is 13.5. The number of carbonyl (C=O) groups excluding carboxylic acids is 3. The van der Waals surface area contributed by atoms with E-state index in [0.29, 0.717) is 15.5 Å². The van der Waals surface area contributed by atoms with Gasteiger partial charge in [0, 0.05) is 10.7 Å². The third kappa shape index (κ3) is 3.51. The number of rotatable bonds is 3. The van der Waals surface area contributed by atoms with Crippen LogP contribution in [0.4, 0.5) is 9.59 Å². The number of nitrogens with zero attached hydrogens (tertiary/aromatic N) is 1. The second-order valence-corrected chi connectivity index (χ2v) is 6.00. The van der Waals surface area contributed by atoms with E-state index < -0.39 is 24.1 Å². The van der Waals surface area contributed by atoms with Gasteiger partial charge in [0.1, 0.15) is 0 Å². The van der Waals surface area contributed by atoms with Crippen molar-refractivity contribution in [1.29, 1.82) is 0 Å². The van der Waals surface area contributed by atoms with Crippen molar-refractivity contribution in [1.82, 2.24) is 10.2 Å². The molecule has 0 fully saturated rings. The van der Waals surface area contributed by atoms with E-state index in [0.717, 1.165) is 0 Å².